The third-order valence-electron chi connectivity index (χ3n) is 2.67. The summed E-state index contributed by atoms with van der Waals surface area (Å²) in [6.45, 7) is 4.66. The van der Waals surface area contributed by atoms with E-state index in [1.54, 1.807) is 0 Å². The van der Waals surface area contributed by atoms with E-state index >= 15 is 0 Å². The maximum Gasteiger partial charge on any atom is 0.233 e. The van der Waals surface area contributed by atoms with Crippen LogP contribution in [0.3, 0.4) is 0 Å². The first-order chi connectivity index (χ1) is 8.62. The van der Waals surface area contributed by atoms with Crippen molar-refractivity contribution in [2.75, 3.05) is 6.54 Å². The molecule has 6 heteroatoms. The minimum atomic E-state index is -0.308. The molecule has 5 nitrogen and oxygen atoms in total. The van der Waals surface area contributed by atoms with Crippen LogP contribution in [0.1, 0.15) is 25.6 Å². The molecule has 1 aromatic heterocycles. The van der Waals surface area contributed by atoms with Gasteiger partial charge in [0.2, 0.25) is 11.7 Å². The summed E-state index contributed by atoms with van der Waals surface area (Å²) in [5.41, 5.74) is 5.35. The van der Waals surface area contributed by atoms with E-state index in [9.17, 15) is 0 Å². The molecule has 0 bridgehead atoms. The SMILES string of the molecule is CC(C)(CN)c1nc(COc2ccccc2)no1.Cl. The monoisotopic (exact) mass is 283 g/mol. The average Bonchev–Trinajstić information content (AvgIpc) is 2.87. The van der Waals surface area contributed by atoms with Crippen LogP contribution in [0.4, 0.5) is 0 Å². The minimum Gasteiger partial charge on any atom is -0.485 e. The second-order valence-corrected chi connectivity index (χ2v) is 4.71. The van der Waals surface area contributed by atoms with Crippen molar-refractivity contribution >= 4 is 12.4 Å². The molecule has 0 aliphatic rings. The lowest BCUT2D eigenvalue weighted by molar-refractivity contribution is 0.278. The summed E-state index contributed by atoms with van der Waals surface area (Å²) in [6.07, 6.45) is 0. The Balaban J connectivity index is 0.00000180. The fourth-order valence-electron chi connectivity index (χ4n) is 1.34. The van der Waals surface area contributed by atoms with E-state index in [-0.39, 0.29) is 24.4 Å². The Labute approximate surface area is 118 Å². The maximum absolute atomic E-state index is 5.65. The van der Waals surface area contributed by atoms with Crippen LogP contribution in [-0.4, -0.2) is 16.7 Å². The van der Waals surface area contributed by atoms with E-state index in [0.717, 1.165) is 5.75 Å². The third-order valence-corrected chi connectivity index (χ3v) is 2.67. The van der Waals surface area contributed by atoms with Crippen molar-refractivity contribution in [1.29, 1.82) is 0 Å². The smallest absolute Gasteiger partial charge is 0.233 e. The maximum atomic E-state index is 5.65. The van der Waals surface area contributed by atoms with Crippen molar-refractivity contribution in [2.45, 2.75) is 25.9 Å². The second kappa shape index (κ2) is 6.54. The van der Waals surface area contributed by atoms with Crippen LogP contribution >= 0.6 is 12.4 Å². The summed E-state index contributed by atoms with van der Waals surface area (Å²) in [5, 5.41) is 3.88. The van der Waals surface area contributed by atoms with E-state index < -0.39 is 0 Å². The van der Waals surface area contributed by atoms with Crippen molar-refractivity contribution in [2.24, 2.45) is 5.73 Å². The molecule has 0 atom stereocenters. The molecule has 0 fully saturated rings. The largest absolute Gasteiger partial charge is 0.485 e. The van der Waals surface area contributed by atoms with Crippen molar-refractivity contribution < 1.29 is 9.26 Å². The number of hydrogen-bond donors (Lipinski definition) is 1. The number of nitrogens with zero attached hydrogens (tertiary/aromatic N) is 2. The quantitative estimate of drug-likeness (QED) is 0.911. The zero-order chi connectivity index (χ0) is 13.0. The Hall–Kier alpha value is -1.59. The first kappa shape index (κ1) is 15.5. The van der Waals surface area contributed by atoms with E-state index in [0.29, 0.717) is 18.3 Å². The van der Waals surface area contributed by atoms with E-state index in [1.807, 2.05) is 44.2 Å². The predicted octanol–water partition coefficient (Wildman–Crippen LogP) is 2.31. The zero-order valence-corrected chi connectivity index (χ0v) is 11.8. The van der Waals surface area contributed by atoms with Gasteiger partial charge in [0.05, 0.1) is 5.41 Å². The number of para-hydroxylation sites is 1. The first-order valence-electron chi connectivity index (χ1n) is 5.83. The van der Waals surface area contributed by atoms with Gasteiger partial charge in [-0.2, -0.15) is 4.98 Å². The number of hydrogen-bond acceptors (Lipinski definition) is 5. The van der Waals surface area contributed by atoms with Gasteiger partial charge in [-0.25, -0.2) is 0 Å². The molecule has 0 unspecified atom stereocenters. The predicted molar refractivity (Wildman–Crippen MR) is 74.4 cm³/mol. The summed E-state index contributed by atoms with van der Waals surface area (Å²) in [7, 11) is 0. The highest BCUT2D eigenvalue weighted by Gasteiger charge is 2.25. The van der Waals surface area contributed by atoms with Crippen LogP contribution in [0.2, 0.25) is 0 Å². The highest BCUT2D eigenvalue weighted by molar-refractivity contribution is 5.85. The van der Waals surface area contributed by atoms with Gasteiger partial charge in [-0.15, -0.1) is 12.4 Å². The van der Waals surface area contributed by atoms with E-state index in [4.69, 9.17) is 15.0 Å². The Morgan fingerprint density at radius 1 is 1.26 bits per heavy atom. The van der Waals surface area contributed by atoms with Crippen molar-refractivity contribution in [3.05, 3.63) is 42.0 Å². The average molecular weight is 284 g/mol. The highest BCUT2D eigenvalue weighted by Crippen LogP contribution is 2.19. The molecule has 104 valence electrons. The molecule has 0 saturated heterocycles. The van der Waals surface area contributed by atoms with Crippen LogP contribution in [0, 0.1) is 0 Å². The summed E-state index contributed by atoms with van der Waals surface area (Å²) >= 11 is 0. The van der Waals surface area contributed by atoms with Crippen molar-refractivity contribution in [1.82, 2.24) is 10.1 Å². The summed E-state index contributed by atoms with van der Waals surface area (Å²) in [5.74, 6) is 1.84. The van der Waals surface area contributed by atoms with Gasteiger partial charge in [0, 0.05) is 6.54 Å². The van der Waals surface area contributed by atoms with Gasteiger partial charge >= 0.3 is 0 Å². The lowest BCUT2D eigenvalue weighted by atomic mass is 9.94. The molecule has 19 heavy (non-hydrogen) atoms. The molecule has 2 aromatic rings. The van der Waals surface area contributed by atoms with E-state index in [2.05, 4.69) is 10.1 Å². The molecule has 2 N–H and O–H groups in total. The topological polar surface area (TPSA) is 74.2 Å². The van der Waals surface area contributed by atoms with Crippen LogP contribution in [-0.2, 0) is 12.0 Å². The van der Waals surface area contributed by atoms with Gasteiger partial charge in [0.25, 0.3) is 0 Å². The fraction of sp³-hybridized carbons (Fsp3) is 0.385. The first-order valence-corrected chi connectivity index (χ1v) is 5.83. The molecule has 0 radical (unpaired) electrons. The van der Waals surface area contributed by atoms with Crippen LogP contribution < -0.4 is 10.5 Å². The molecule has 0 amide bonds. The van der Waals surface area contributed by atoms with Gasteiger partial charge in [0.15, 0.2) is 6.61 Å². The number of benzene rings is 1. The van der Waals surface area contributed by atoms with Crippen LogP contribution in [0.25, 0.3) is 0 Å². The molecular weight excluding hydrogens is 266 g/mol. The Bertz CT molecular complexity index is 500. The third kappa shape index (κ3) is 3.94. The number of aromatic nitrogens is 2. The van der Waals surface area contributed by atoms with E-state index in [1.165, 1.54) is 0 Å². The molecule has 1 heterocycles. The second-order valence-electron chi connectivity index (χ2n) is 4.71. The van der Waals surface area contributed by atoms with Crippen LogP contribution in [0.15, 0.2) is 34.9 Å². The van der Waals surface area contributed by atoms with Gasteiger partial charge in [-0.1, -0.05) is 23.4 Å². The number of nitrogens with two attached hydrogens (primary N) is 1. The number of halogens is 1. The Kier molecular flexibility index (Phi) is 5.32. The number of ether oxygens (including phenoxy) is 1. The lowest BCUT2D eigenvalue weighted by Crippen LogP contribution is -2.28. The highest BCUT2D eigenvalue weighted by atomic mass is 35.5. The molecule has 0 aliphatic carbocycles. The Morgan fingerprint density at radius 3 is 2.58 bits per heavy atom. The van der Waals surface area contributed by atoms with Gasteiger partial charge in [-0.05, 0) is 26.0 Å². The fourth-order valence-corrected chi connectivity index (χ4v) is 1.34. The van der Waals surface area contributed by atoms with Crippen molar-refractivity contribution in [3.63, 3.8) is 0 Å². The standard InChI is InChI=1S/C13H17N3O2.ClH/c1-13(2,9-14)12-15-11(16-18-12)8-17-10-6-4-3-5-7-10;/h3-7H,8-9,14H2,1-2H3;1H. The Morgan fingerprint density at radius 2 is 1.95 bits per heavy atom. The lowest BCUT2D eigenvalue weighted by Gasteiger charge is -2.15. The summed E-state index contributed by atoms with van der Waals surface area (Å²) in [6, 6.07) is 9.52. The molecular formula is C13H18ClN3O2. The number of rotatable bonds is 5. The molecule has 0 spiro atoms. The van der Waals surface area contributed by atoms with Crippen molar-refractivity contribution in [3.8, 4) is 5.75 Å². The van der Waals surface area contributed by atoms with Gasteiger partial charge in [-0.3, -0.25) is 0 Å². The summed E-state index contributed by atoms with van der Waals surface area (Å²) < 4.78 is 10.7. The molecule has 0 saturated carbocycles. The summed E-state index contributed by atoms with van der Waals surface area (Å²) in [4.78, 5) is 4.29. The van der Waals surface area contributed by atoms with Gasteiger partial charge < -0.3 is 15.0 Å². The molecule has 0 aliphatic heterocycles. The minimum absolute atomic E-state index is 0. The normalized spacial score (nSPS) is 10.9. The zero-order valence-electron chi connectivity index (χ0n) is 11.0. The van der Waals surface area contributed by atoms with Crippen LogP contribution in [0.5, 0.6) is 5.75 Å². The molecule has 1 aromatic carbocycles. The van der Waals surface area contributed by atoms with Gasteiger partial charge in [0.1, 0.15) is 5.75 Å². The molecule has 2 rings (SSSR count).